The topological polar surface area (TPSA) is 71.9 Å². The van der Waals surface area contributed by atoms with E-state index in [1.54, 1.807) is 12.3 Å². The Kier molecular flexibility index (Phi) is 4.08. The first-order valence-electron chi connectivity index (χ1n) is 6.00. The zero-order chi connectivity index (χ0) is 12.1. The van der Waals surface area contributed by atoms with Crippen molar-refractivity contribution < 1.29 is 4.74 Å². The van der Waals surface area contributed by atoms with Crippen LogP contribution >= 0.6 is 0 Å². The van der Waals surface area contributed by atoms with Gasteiger partial charge in [0.25, 0.3) is 0 Å². The molecule has 1 aromatic heterocycles. The van der Waals surface area contributed by atoms with Gasteiger partial charge in [-0.15, -0.1) is 0 Å². The number of hydrogen-bond donors (Lipinski definition) is 1. The van der Waals surface area contributed by atoms with Crippen LogP contribution < -0.4 is 5.73 Å². The summed E-state index contributed by atoms with van der Waals surface area (Å²) in [6.07, 6.45) is 6.18. The van der Waals surface area contributed by atoms with Crippen molar-refractivity contribution in [2.24, 2.45) is 5.73 Å². The molecule has 0 saturated heterocycles. The minimum absolute atomic E-state index is 0.262. The Balaban J connectivity index is 1.87. The van der Waals surface area contributed by atoms with Crippen molar-refractivity contribution in [3.63, 3.8) is 0 Å². The highest BCUT2D eigenvalue weighted by Gasteiger charge is 2.19. The minimum Gasteiger partial charge on any atom is -0.373 e. The average molecular weight is 231 g/mol. The molecule has 1 fully saturated rings. The van der Waals surface area contributed by atoms with Crippen molar-refractivity contribution in [2.75, 3.05) is 0 Å². The number of nitrogens with zero attached hydrogens (tertiary/aromatic N) is 2. The standard InChI is InChI=1S/C13H17N3O/c14-8-12-6-10(4-5-16-12)9-17-13-3-1-2-11(15)7-13/h4-6,11,13H,1-3,7,9,15H2. The normalized spacial score (nSPS) is 24.2. The van der Waals surface area contributed by atoms with Crippen molar-refractivity contribution in [3.8, 4) is 6.07 Å². The maximum absolute atomic E-state index is 8.74. The largest absolute Gasteiger partial charge is 0.373 e. The molecule has 2 unspecified atom stereocenters. The minimum atomic E-state index is 0.262. The van der Waals surface area contributed by atoms with Crippen LogP contribution in [0.15, 0.2) is 18.3 Å². The molecule has 0 spiro atoms. The van der Waals surface area contributed by atoms with Gasteiger partial charge in [-0.05, 0) is 43.4 Å². The molecule has 2 atom stereocenters. The van der Waals surface area contributed by atoms with Gasteiger partial charge < -0.3 is 10.5 Å². The third-order valence-electron chi connectivity index (χ3n) is 3.09. The van der Waals surface area contributed by atoms with Crippen LogP contribution in [0, 0.1) is 11.3 Å². The molecular formula is C13H17N3O. The number of pyridine rings is 1. The molecular weight excluding hydrogens is 214 g/mol. The highest BCUT2D eigenvalue weighted by Crippen LogP contribution is 2.20. The summed E-state index contributed by atoms with van der Waals surface area (Å²) in [5.41, 5.74) is 7.34. The van der Waals surface area contributed by atoms with Crippen LogP contribution in [0.2, 0.25) is 0 Å². The first kappa shape index (κ1) is 12.0. The van der Waals surface area contributed by atoms with E-state index >= 15 is 0 Å². The molecule has 0 aromatic carbocycles. The van der Waals surface area contributed by atoms with Gasteiger partial charge in [0.15, 0.2) is 0 Å². The lowest BCUT2D eigenvalue weighted by molar-refractivity contribution is 0.0122. The Morgan fingerprint density at radius 2 is 2.41 bits per heavy atom. The van der Waals surface area contributed by atoms with Gasteiger partial charge in [0, 0.05) is 12.2 Å². The molecule has 1 heterocycles. The van der Waals surface area contributed by atoms with Gasteiger partial charge in [-0.3, -0.25) is 0 Å². The predicted molar refractivity (Wildman–Crippen MR) is 64.0 cm³/mol. The lowest BCUT2D eigenvalue weighted by Crippen LogP contribution is -2.32. The fourth-order valence-corrected chi connectivity index (χ4v) is 2.17. The van der Waals surface area contributed by atoms with Crippen molar-refractivity contribution in [1.82, 2.24) is 4.98 Å². The zero-order valence-electron chi connectivity index (χ0n) is 9.80. The van der Waals surface area contributed by atoms with Gasteiger partial charge >= 0.3 is 0 Å². The molecule has 1 saturated carbocycles. The molecule has 0 aliphatic heterocycles. The lowest BCUT2D eigenvalue weighted by atomic mass is 9.93. The maximum atomic E-state index is 8.74. The van der Waals surface area contributed by atoms with Gasteiger partial charge in [0.05, 0.1) is 12.7 Å². The van der Waals surface area contributed by atoms with E-state index in [9.17, 15) is 0 Å². The second-order valence-corrected chi connectivity index (χ2v) is 4.52. The summed E-state index contributed by atoms with van der Waals surface area (Å²) in [4.78, 5) is 3.93. The van der Waals surface area contributed by atoms with Crippen LogP contribution in [-0.2, 0) is 11.3 Å². The van der Waals surface area contributed by atoms with Crippen LogP contribution in [-0.4, -0.2) is 17.1 Å². The third-order valence-corrected chi connectivity index (χ3v) is 3.09. The van der Waals surface area contributed by atoms with E-state index in [0.717, 1.165) is 31.2 Å². The summed E-state index contributed by atoms with van der Waals surface area (Å²) in [5.74, 6) is 0. The molecule has 2 N–H and O–H groups in total. The second kappa shape index (κ2) is 5.76. The van der Waals surface area contributed by atoms with Crippen molar-refractivity contribution in [3.05, 3.63) is 29.6 Å². The quantitative estimate of drug-likeness (QED) is 0.860. The van der Waals surface area contributed by atoms with Crippen LogP contribution in [0.4, 0.5) is 0 Å². The molecule has 90 valence electrons. The zero-order valence-corrected chi connectivity index (χ0v) is 9.80. The summed E-state index contributed by atoms with van der Waals surface area (Å²) < 4.78 is 5.82. The first-order chi connectivity index (χ1) is 8.28. The molecule has 1 aromatic rings. The van der Waals surface area contributed by atoms with Crippen molar-refractivity contribution in [2.45, 2.75) is 44.4 Å². The fourth-order valence-electron chi connectivity index (χ4n) is 2.17. The highest BCUT2D eigenvalue weighted by atomic mass is 16.5. The van der Waals surface area contributed by atoms with Crippen molar-refractivity contribution >= 4 is 0 Å². The van der Waals surface area contributed by atoms with E-state index in [1.165, 1.54) is 0 Å². The number of hydrogen-bond acceptors (Lipinski definition) is 4. The van der Waals surface area contributed by atoms with Crippen LogP contribution in [0.1, 0.15) is 36.9 Å². The van der Waals surface area contributed by atoms with Gasteiger partial charge in [0.2, 0.25) is 0 Å². The van der Waals surface area contributed by atoms with Gasteiger partial charge in [-0.2, -0.15) is 5.26 Å². The van der Waals surface area contributed by atoms with Crippen molar-refractivity contribution in [1.29, 1.82) is 5.26 Å². The summed E-state index contributed by atoms with van der Waals surface area (Å²) in [5, 5.41) is 8.74. The maximum Gasteiger partial charge on any atom is 0.140 e. The van der Waals surface area contributed by atoms with Gasteiger partial charge in [0.1, 0.15) is 11.8 Å². The van der Waals surface area contributed by atoms with Crippen LogP contribution in [0.3, 0.4) is 0 Å². The Morgan fingerprint density at radius 1 is 1.53 bits per heavy atom. The predicted octanol–water partition coefficient (Wildman–Crippen LogP) is 1.74. The number of nitrogens with two attached hydrogens (primary N) is 1. The van der Waals surface area contributed by atoms with E-state index in [0.29, 0.717) is 12.3 Å². The molecule has 1 aliphatic rings. The number of nitriles is 1. The van der Waals surface area contributed by atoms with Gasteiger partial charge in [-0.1, -0.05) is 0 Å². The SMILES string of the molecule is N#Cc1cc(COC2CCCC(N)C2)ccn1. The Morgan fingerprint density at radius 3 is 3.18 bits per heavy atom. The molecule has 4 heteroatoms. The highest BCUT2D eigenvalue weighted by molar-refractivity contribution is 5.24. The molecule has 0 bridgehead atoms. The smallest absolute Gasteiger partial charge is 0.140 e. The second-order valence-electron chi connectivity index (χ2n) is 4.52. The summed E-state index contributed by atoms with van der Waals surface area (Å²) in [6.45, 7) is 0.536. The Bertz CT molecular complexity index is 413. The summed E-state index contributed by atoms with van der Waals surface area (Å²) >= 11 is 0. The molecule has 1 aliphatic carbocycles. The molecule has 0 radical (unpaired) electrons. The summed E-state index contributed by atoms with van der Waals surface area (Å²) in [6, 6.07) is 5.95. The van der Waals surface area contributed by atoms with Crippen LogP contribution in [0.25, 0.3) is 0 Å². The Labute approximate surface area is 101 Å². The average Bonchev–Trinajstić information content (AvgIpc) is 2.37. The number of rotatable bonds is 3. The number of aromatic nitrogens is 1. The monoisotopic (exact) mass is 231 g/mol. The van der Waals surface area contributed by atoms with E-state index in [2.05, 4.69) is 4.98 Å². The molecule has 4 nitrogen and oxygen atoms in total. The molecule has 2 rings (SSSR count). The Hall–Kier alpha value is -1.44. The lowest BCUT2D eigenvalue weighted by Gasteiger charge is -2.26. The first-order valence-corrected chi connectivity index (χ1v) is 6.00. The molecule has 17 heavy (non-hydrogen) atoms. The number of ether oxygens (including phenoxy) is 1. The van der Waals surface area contributed by atoms with E-state index < -0.39 is 0 Å². The summed E-state index contributed by atoms with van der Waals surface area (Å²) in [7, 11) is 0. The third kappa shape index (κ3) is 3.52. The van der Waals surface area contributed by atoms with E-state index in [-0.39, 0.29) is 12.1 Å². The van der Waals surface area contributed by atoms with E-state index in [1.807, 2.05) is 12.1 Å². The van der Waals surface area contributed by atoms with Crippen LogP contribution in [0.5, 0.6) is 0 Å². The fraction of sp³-hybridized carbons (Fsp3) is 0.538. The van der Waals surface area contributed by atoms with Gasteiger partial charge in [-0.25, -0.2) is 4.98 Å². The van der Waals surface area contributed by atoms with E-state index in [4.69, 9.17) is 15.7 Å². The molecule has 0 amide bonds.